The maximum absolute atomic E-state index is 14.8. The molecule has 0 amide bonds. The van der Waals surface area contributed by atoms with E-state index in [9.17, 15) is 27.5 Å². The van der Waals surface area contributed by atoms with E-state index in [2.05, 4.69) is 15.4 Å². The van der Waals surface area contributed by atoms with Crippen molar-refractivity contribution >= 4 is 11.5 Å². The summed E-state index contributed by atoms with van der Waals surface area (Å²) < 4.78 is 65.3. The predicted octanol–water partition coefficient (Wildman–Crippen LogP) is 4.11. The Kier molecular flexibility index (Phi) is 7.90. The number of nitrogens with zero attached hydrogens (tertiary/aromatic N) is 3. The van der Waals surface area contributed by atoms with Gasteiger partial charge in [-0.15, -0.1) is 0 Å². The molecule has 1 fully saturated rings. The molecule has 4 N–H and O–H groups in total. The van der Waals surface area contributed by atoms with Crippen LogP contribution in [0.2, 0.25) is 0 Å². The maximum atomic E-state index is 14.8. The minimum Gasteiger partial charge on any atom is -0.369 e. The zero-order valence-electron chi connectivity index (χ0n) is 20.2. The Bertz CT molecular complexity index is 1270. The Labute approximate surface area is 210 Å². The quantitative estimate of drug-likeness (QED) is 0.244. The number of ether oxygens (including phenoxy) is 1. The summed E-state index contributed by atoms with van der Waals surface area (Å²) in [6, 6.07) is 3.09. The molecule has 198 valence electrons. The SMILES string of the molecule is CCC(=O)c1cc(F)c(-c2nc(C(O)Nc3cnn(C)c3[C@@H]3CC[C@@H](N)[C@H](F)CO3)ccc2F)c(F)c1. The van der Waals surface area contributed by atoms with Crippen LogP contribution >= 0.6 is 0 Å². The summed E-state index contributed by atoms with van der Waals surface area (Å²) >= 11 is 0. The van der Waals surface area contributed by atoms with Crippen molar-refractivity contribution < 1.29 is 32.2 Å². The summed E-state index contributed by atoms with van der Waals surface area (Å²) in [6.07, 6.45) is -1.14. The molecule has 0 bridgehead atoms. The van der Waals surface area contributed by atoms with Crippen molar-refractivity contribution in [3.8, 4) is 11.3 Å². The molecule has 1 aromatic carbocycles. The van der Waals surface area contributed by atoms with Crippen molar-refractivity contribution in [1.29, 1.82) is 0 Å². The number of nitrogens with one attached hydrogen (secondary N) is 1. The van der Waals surface area contributed by atoms with E-state index in [0.29, 0.717) is 24.2 Å². The zero-order chi connectivity index (χ0) is 26.9. The highest BCUT2D eigenvalue weighted by atomic mass is 19.1. The number of carbonyl (C=O) groups excluding carboxylic acids is 1. The monoisotopic (exact) mass is 521 g/mol. The van der Waals surface area contributed by atoms with E-state index in [1.807, 2.05) is 0 Å². The molecule has 1 aliphatic heterocycles. The van der Waals surface area contributed by atoms with Crippen LogP contribution in [0.3, 0.4) is 0 Å². The van der Waals surface area contributed by atoms with Crippen molar-refractivity contribution in [2.45, 2.75) is 50.7 Å². The maximum Gasteiger partial charge on any atom is 0.168 e. The zero-order valence-corrected chi connectivity index (χ0v) is 20.2. The molecular formula is C25H27F4N5O3. The summed E-state index contributed by atoms with van der Waals surface area (Å²) in [4.78, 5) is 15.8. The second kappa shape index (κ2) is 11.0. The van der Waals surface area contributed by atoms with E-state index in [1.165, 1.54) is 10.9 Å². The molecular weight excluding hydrogens is 494 g/mol. The average molecular weight is 522 g/mol. The van der Waals surface area contributed by atoms with Gasteiger partial charge in [0.1, 0.15) is 35.4 Å². The lowest BCUT2D eigenvalue weighted by atomic mass is 10.0. The molecule has 12 heteroatoms. The van der Waals surface area contributed by atoms with Crippen LogP contribution in [0.5, 0.6) is 0 Å². The fraction of sp³-hybridized carbons (Fsp3) is 0.400. The van der Waals surface area contributed by atoms with Crippen molar-refractivity contribution in [3.63, 3.8) is 0 Å². The molecule has 1 aliphatic rings. The molecule has 3 heterocycles. The molecule has 1 unspecified atom stereocenters. The van der Waals surface area contributed by atoms with Crippen LogP contribution in [-0.2, 0) is 11.8 Å². The number of ketones is 1. The lowest BCUT2D eigenvalue weighted by Gasteiger charge is -2.20. The van der Waals surface area contributed by atoms with E-state index in [4.69, 9.17) is 10.5 Å². The number of nitrogens with two attached hydrogens (primary N) is 1. The minimum atomic E-state index is -1.53. The molecule has 0 aliphatic carbocycles. The molecule has 2 aromatic heterocycles. The number of anilines is 1. The third-order valence-corrected chi connectivity index (χ3v) is 6.33. The highest BCUT2D eigenvalue weighted by molar-refractivity contribution is 5.96. The minimum absolute atomic E-state index is 0.0432. The van der Waals surface area contributed by atoms with E-state index in [0.717, 1.165) is 24.3 Å². The fourth-order valence-electron chi connectivity index (χ4n) is 4.27. The largest absolute Gasteiger partial charge is 0.369 e. The number of Topliss-reactive ketones (excluding diaryl/α,β-unsaturated/α-hetero) is 1. The Morgan fingerprint density at radius 3 is 2.62 bits per heavy atom. The summed E-state index contributed by atoms with van der Waals surface area (Å²) in [6.45, 7) is 1.36. The number of carbonyl (C=O) groups is 1. The standard InChI is InChI=1S/C25H27F4N5O3/c1-3-20(35)12-8-14(27)22(15(28)9-12)23-13(26)4-6-18(32-23)25(36)33-19-10-31-34(2)24(19)21-7-5-17(30)16(29)11-37-21/h4,6,8-10,16-17,21,25,33,36H,3,5,7,11,30H2,1-2H3/t16-,17-,21+,25?/m1/s1. The Morgan fingerprint density at radius 2 is 1.95 bits per heavy atom. The molecule has 37 heavy (non-hydrogen) atoms. The average Bonchev–Trinajstić information content (AvgIpc) is 3.14. The molecule has 4 atom stereocenters. The highest BCUT2D eigenvalue weighted by Crippen LogP contribution is 2.34. The number of rotatable bonds is 7. The Balaban J connectivity index is 1.62. The van der Waals surface area contributed by atoms with E-state index < -0.39 is 59.0 Å². The number of pyridine rings is 1. The van der Waals surface area contributed by atoms with Gasteiger partial charge in [-0.05, 0) is 37.1 Å². The Morgan fingerprint density at radius 1 is 1.24 bits per heavy atom. The molecule has 8 nitrogen and oxygen atoms in total. The number of alkyl halides is 1. The van der Waals surface area contributed by atoms with Crippen molar-refractivity contribution in [2.24, 2.45) is 12.8 Å². The predicted molar refractivity (Wildman–Crippen MR) is 127 cm³/mol. The first kappa shape index (κ1) is 26.7. The molecule has 0 radical (unpaired) electrons. The summed E-state index contributed by atoms with van der Waals surface area (Å²) in [7, 11) is 1.65. The van der Waals surface area contributed by atoms with Gasteiger partial charge in [-0.25, -0.2) is 22.5 Å². The summed E-state index contributed by atoms with van der Waals surface area (Å²) in [5, 5.41) is 17.8. The van der Waals surface area contributed by atoms with Crippen molar-refractivity contribution in [1.82, 2.24) is 14.8 Å². The number of hydrogen-bond acceptors (Lipinski definition) is 7. The number of aromatic nitrogens is 3. The highest BCUT2D eigenvalue weighted by Gasteiger charge is 2.30. The molecule has 0 spiro atoms. The van der Waals surface area contributed by atoms with Gasteiger partial charge in [0.25, 0.3) is 0 Å². The topological polar surface area (TPSA) is 115 Å². The first-order valence-electron chi connectivity index (χ1n) is 11.8. The van der Waals surface area contributed by atoms with Gasteiger partial charge in [0.15, 0.2) is 12.0 Å². The number of aliphatic hydroxyl groups is 1. The second-order valence-electron chi connectivity index (χ2n) is 8.85. The van der Waals surface area contributed by atoms with Crippen LogP contribution in [0.25, 0.3) is 11.3 Å². The van der Waals surface area contributed by atoms with Gasteiger partial charge >= 0.3 is 0 Å². The lowest BCUT2D eigenvalue weighted by Crippen LogP contribution is -2.32. The van der Waals surface area contributed by atoms with Gasteiger partial charge in [-0.3, -0.25) is 9.48 Å². The number of benzene rings is 1. The van der Waals surface area contributed by atoms with Crippen LogP contribution in [0, 0.1) is 17.5 Å². The number of halogens is 4. The molecule has 0 saturated carbocycles. The van der Waals surface area contributed by atoms with Crippen LogP contribution < -0.4 is 11.1 Å². The van der Waals surface area contributed by atoms with Gasteiger partial charge in [0, 0.05) is 25.1 Å². The summed E-state index contributed by atoms with van der Waals surface area (Å²) in [5.74, 6) is -3.81. The van der Waals surface area contributed by atoms with Gasteiger partial charge in [-0.2, -0.15) is 5.10 Å². The van der Waals surface area contributed by atoms with Gasteiger partial charge in [-0.1, -0.05) is 6.92 Å². The van der Waals surface area contributed by atoms with E-state index >= 15 is 0 Å². The van der Waals surface area contributed by atoms with Crippen molar-refractivity contribution in [2.75, 3.05) is 11.9 Å². The third-order valence-electron chi connectivity index (χ3n) is 6.33. The molecule has 3 aromatic rings. The number of aliphatic hydroxyl groups excluding tert-OH is 1. The van der Waals surface area contributed by atoms with Crippen molar-refractivity contribution in [3.05, 3.63) is 64.9 Å². The first-order chi connectivity index (χ1) is 17.6. The lowest BCUT2D eigenvalue weighted by molar-refractivity contribution is 0.0246. The van der Waals surface area contributed by atoms with E-state index in [1.54, 1.807) is 14.0 Å². The second-order valence-corrected chi connectivity index (χ2v) is 8.85. The number of aryl methyl sites for hydroxylation is 1. The van der Waals surface area contributed by atoms with Crippen LogP contribution in [0.15, 0.2) is 30.5 Å². The summed E-state index contributed by atoms with van der Waals surface area (Å²) in [5.41, 5.74) is 4.95. The van der Waals surface area contributed by atoms with Gasteiger partial charge in [0.05, 0.1) is 35.4 Å². The van der Waals surface area contributed by atoms with Crippen LogP contribution in [-0.4, -0.2) is 44.5 Å². The smallest absolute Gasteiger partial charge is 0.168 e. The van der Waals surface area contributed by atoms with E-state index in [-0.39, 0.29) is 24.3 Å². The molecule has 4 rings (SSSR count). The third kappa shape index (κ3) is 5.50. The van der Waals surface area contributed by atoms with Crippen LogP contribution in [0.1, 0.15) is 60.3 Å². The fourth-order valence-corrected chi connectivity index (χ4v) is 4.27. The number of hydrogen-bond donors (Lipinski definition) is 3. The van der Waals surface area contributed by atoms with Gasteiger partial charge < -0.3 is 20.9 Å². The Hall–Kier alpha value is -3.35. The van der Waals surface area contributed by atoms with Gasteiger partial charge in [0.2, 0.25) is 0 Å². The first-order valence-corrected chi connectivity index (χ1v) is 11.8. The molecule has 1 saturated heterocycles. The normalized spacial score (nSPS) is 20.9. The van der Waals surface area contributed by atoms with Crippen LogP contribution in [0.4, 0.5) is 23.2 Å².